The number of pyridine rings is 1. The van der Waals surface area contributed by atoms with E-state index in [1.807, 2.05) is 37.3 Å². The summed E-state index contributed by atoms with van der Waals surface area (Å²) < 4.78 is 10.9. The lowest BCUT2D eigenvalue weighted by atomic mass is 9.97. The van der Waals surface area contributed by atoms with Gasteiger partial charge < -0.3 is 19.5 Å². The molecule has 0 aliphatic carbocycles. The fraction of sp³-hybridized carbons (Fsp3) is 0.500. The second-order valence-corrected chi connectivity index (χ2v) is 6.62. The molecule has 1 aromatic heterocycles. The van der Waals surface area contributed by atoms with Gasteiger partial charge in [-0.2, -0.15) is 0 Å². The van der Waals surface area contributed by atoms with E-state index in [-0.39, 0.29) is 18.5 Å². The van der Waals surface area contributed by atoms with Gasteiger partial charge in [0.1, 0.15) is 18.5 Å². The maximum absolute atomic E-state index is 11.8. The van der Waals surface area contributed by atoms with Crippen LogP contribution in [0.1, 0.15) is 19.8 Å². The average molecular weight is 358 g/mol. The van der Waals surface area contributed by atoms with Crippen molar-refractivity contribution in [2.24, 2.45) is 5.92 Å². The lowest BCUT2D eigenvalue weighted by molar-refractivity contribution is -0.149. The highest BCUT2D eigenvalue weighted by Gasteiger charge is 2.26. The number of benzene rings is 1. The predicted molar refractivity (Wildman–Crippen MR) is 99.0 cm³/mol. The molecule has 0 saturated carbocycles. The number of β-amino-alcohol motifs (C(OH)–C–C–N with tert-alkyl or cyclic N) is 1. The van der Waals surface area contributed by atoms with Gasteiger partial charge in [-0.1, -0.05) is 6.07 Å². The molecule has 140 valence electrons. The first kappa shape index (κ1) is 18.6. The summed E-state index contributed by atoms with van der Waals surface area (Å²) in [7, 11) is 0. The third-order valence-corrected chi connectivity index (χ3v) is 4.71. The number of fused-ring (bicyclic) bond motifs is 1. The third-order valence-electron chi connectivity index (χ3n) is 4.71. The zero-order valence-corrected chi connectivity index (χ0v) is 15.1. The van der Waals surface area contributed by atoms with E-state index in [1.165, 1.54) is 0 Å². The molecule has 1 N–H and O–H groups in total. The number of likely N-dealkylation sites (tertiary alicyclic amines) is 1. The highest BCUT2D eigenvalue weighted by molar-refractivity contribution is 5.84. The number of aromatic nitrogens is 1. The summed E-state index contributed by atoms with van der Waals surface area (Å²) in [5.74, 6) is 0.624. The quantitative estimate of drug-likeness (QED) is 0.766. The van der Waals surface area contributed by atoms with Gasteiger partial charge in [-0.05, 0) is 57.1 Å². The Morgan fingerprint density at radius 2 is 2.12 bits per heavy atom. The molecular weight excluding hydrogens is 332 g/mol. The van der Waals surface area contributed by atoms with E-state index in [0.717, 1.165) is 42.6 Å². The van der Waals surface area contributed by atoms with Crippen LogP contribution < -0.4 is 4.74 Å². The van der Waals surface area contributed by atoms with Crippen molar-refractivity contribution in [1.82, 2.24) is 9.88 Å². The van der Waals surface area contributed by atoms with Gasteiger partial charge in [0.15, 0.2) is 0 Å². The van der Waals surface area contributed by atoms with Crippen molar-refractivity contribution in [3.05, 3.63) is 36.5 Å². The van der Waals surface area contributed by atoms with Gasteiger partial charge in [0.05, 0.1) is 18.0 Å². The largest absolute Gasteiger partial charge is 0.490 e. The van der Waals surface area contributed by atoms with Gasteiger partial charge in [-0.15, -0.1) is 0 Å². The molecule has 1 saturated heterocycles. The Morgan fingerprint density at radius 3 is 2.88 bits per heavy atom. The number of aliphatic hydroxyl groups excluding tert-OH is 1. The van der Waals surface area contributed by atoms with Crippen LogP contribution in [0, 0.1) is 5.92 Å². The summed E-state index contributed by atoms with van der Waals surface area (Å²) in [5.41, 5.74) is 0.875. The topological polar surface area (TPSA) is 71.9 Å². The maximum atomic E-state index is 11.8. The first-order valence-corrected chi connectivity index (χ1v) is 9.21. The molecule has 0 spiro atoms. The lowest BCUT2D eigenvalue weighted by Crippen LogP contribution is -2.42. The molecule has 2 heterocycles. The number of hydrogen-bond donors (Lipinski definition) is 1. The molecule has 0 radical (unpaired) electrons. The molecule has 1 aliphatic heterocycles. The number of hydrogen-bond acceptors (Lipinski definition) is 6. The zero-order valence-electron chi connectivity index (χ0n) is 15.1. The highest BCUT2D eigenvalue weighted by atomic mass is 16.5. The summed E-state index contributed by atoms with van der Waals surface area (Å²) in [5, 5.41) is 11.3. The minimum atomic E-state index is -0.582. The standard InChI is InChI=1S/C20H26N2O4/c1-2-25-20(24)15-8-11-22(12-9-15)13-16(23)14-26-19-7-3-6-18-17(19)5-4-10-21-18/h3-7,10,15-16,23H,2,8-9,11-14H2,1H3/t16-/m1/s1. The predicted octanol–water partition coefficient (Wildman–Crippen LogP) is 2.25. The number of aliphatic hydroxyl groups is 1. The van der Waals surface area contributed by atoms with Crippen LogP contribution in [0.5, 0.6) is 5.75 Å². The molecule has 0 bridgehead atoms. The molecule has 6 heteroatoms. The van der Waals surface area contributed by atoms with E-state index in [1.54, 1.807) is 6.20 Å². The Hall–Kier alpha value is -2.18. The lowest BCUT2D eigenvalue weighted by Gasteiger charge is -2.32. The van der Waals surface area contributed by atoms with E-state index in [9.17, 15) is 9.90 Å². The Labute approximate surface area is 153 Å². The van der Waals surface area contributed by atoms with E-state index >= 15 is 0 Å². The number of esters is 1. The second kappa shape index (κ2) is 8.96. The minimum absolute atomic E-state index is 0.0113. The van der Waals surface area contributed by atoms with Crippen LogP contribution in [0.25, 0.3) is 10.9 Å². The van der Waals surface area contributed by atoms with Gasteiger partial charge in [-0.25, -0.2) is 0 Å². The maximum Gasteiger partial charge on any atom is 0.309 e. The summed E-state index contributed by atoms with van der Waals surface area (Å²) in [6.45, 7) is 4.61. The summed E-state index contributed by atoms with van der Waals surface area (Å²) in [6, 6.07) is 9.56. The number of nitrogens with zero attached hydrogens (tertiary/aromatic N) is 2. The van der Waals surface area contributed by atoms with E-state index < -0.39 is 6.10 Å². The molecule has 1 atom stereocenters. The smallest absolute Gasteiger partial charge is 0.309 e. The first-order valence-electron chi connectivity index (χ1n) is 9.21. The number of rotatable bonds is 7. The number of carbonyl (C=O) groups excluding carboxylic acids is 1. The minimum Gasteiger partial charge on any atom is -0.490 e. The van der Waals surface area contributed by atoms with E-state index in [4.69, 9.17) is 9.47 Å². The fourth-order valence-corrected chi connectivity index (χ4v) is 3.35. The average Bonchev–Trinajstić information content (AvgIpc) is 2.67. The molecule has 2 aromatic rings. The highest BCUT2D eigenvalue weighted by Crippen LogP contribution is 2.24. The van der Waals surface area contributed by atoms with Crippen molar-refractivity contribution < 1.29 is 19.4 Å². The monoisotopic (exact) mass is 358 g/mol. The van der Waals surface area contributed by atoms with Crippen LogP contribution in [-0.2, 0) is 9.53 Å². The van der Waals surface area contributed by atoms with Crippen LogP contribution in [-0.4, -0.2) is 59.9 Å². The third kappa shape index (κ3) is 4.71. The summed E-state index contributed by atoms with van der Waals surface area (Å²) in [6.07, 6.45) is 2.73. The first-order chi connectivity index (χ1) is 12.7. The van der Waals surface area contributed by atoms with Crippen LogP contribution in [0.2, 0.25) is 0 Å². The Morgan fingerprint density at radius 1 is 1.31 bits per heavy atom. The SMILES string of the molecule is CCOC(=O)C1CCN(C[C@@H](O)COc2cccc3ncccc23)CC1. The Kier molecular flexibility index (Phi) is 6.41. The normalized spacial score (nSPS) is 17.2. The molecule has 0 amide bonds. The number of piperidine rings is 1. The van der Waals surface area contributed by atoms with Crippen molar-refractivity contribution in [1.29, 1.82) is 0 Å². The second-order valence-electron chi connectivity index (χ2n) is 6.62. The molecule has 1 aromatic carbocycles. The summed E-state index contributed by atoms with van der Waals surface area (Å²) >= 11 is 0. The van der Waals surface area contributed by atoms with Gasteiger partial charge in [0.25, 0.3) is 0 Å². The molecule has 6 nitrogen and oxygen atoms in total. The molecular formula is C20H26N2O4. The Balaban J connectivity index is 1.46. The van der Waals surface area contributed by atoms with E-state index in [0.29, 0.717) is 13.2 Å². The van der Waals surface area contributed by atoms with Crippen molar-refractivity contribution in [3.8, 4) is 5.75 Å². The van der Waals surface area contributed by atoms with Crippen LogP contribution in [0.15, 0.2) is 36.5 Å². The number of carbonyl (C=O) groups is 1. The molecule has 3 rings (SSSR count). The molecule has 26 heavy (non-hydrogen) atoms. The number of ether oxygens (including phenoxy) is 2. The Bertz CT molecular complexity index is 723. The zero-order chi connectivity index (χ0) is 18.4. The van der Waals surface area contributed by atoms with Crippen molar-refractivity contribution in [3.63, 3.8) is 0 Å². The molecule has 0 unspecified atom stereocenters. The molecule has 1 fully saturated rings. The van der Waals surface area contributed by atoms with E-state index in [2.05, 4.69) is 9.88 Å². The van der Waals surface area contributed by atoms with Crippen LogP contribution >= 0.6 is 0 Å². The van der Waals surface area contributed by atoms with Crippen LogP contribution in [0.4, 0.5) is 0 Å². The van der Waals surface area contributed by atoms with Gasteiger partial charge >= 0.3 is 5.97 Å². The van der Waals surface area contributed by atoms with Gasteiger partial charge in [-0.3, -0.25) is 9.78 Å². The van der Waals surface area contributed by atoms with Crippen LogP contribution in [0.3, 0.4) is 0 Å². The van der Waals surface area contributed by atoms with Gasteiger partial charge in [0, 0.05) is 18.1 Å². The fourth-order valence-electron chi connectivity index (χ4n) is 3.35. The van der Waals surface area contributed by atoms with Crippen molar-refractivity contribution in [2.75, 3.05) is 32.8 Å². The summed E-state index contributed by atoms with van der Waals surface area (Å²) in [4.78, 5) is 18.3. The van der Waals surface area contributed by atoms with Crippen molar-refractivity contribution in [2.45, 2.75) is 25.9 Å². The molecule has 1 aliphatic rings. The van der Waals surface area contributed by atoms with Gasteiger partial charge in [0.2, 0.25) is 0 Å². The van der Waals surface area contributed by atoms with Crippen molar-refractivity contribution >= 4 is 16.9 Å².